The molecule has 2 rings (SSSR count). The van der Waals surface area contributed by atoms with E-state index in [1.54, 1.807) is 6.92 Å². The number of hydrogen-bond acceptors (Lipinski definition) is 2. The predicted octanol–water partition coefficient (Wildman–Crippen LogP) is 2.68. The summed E-state index contributed by atoms with van der Waals surface area (Å²) < 4.78 is 5.57. The summed E-state index contributed by atoms with van der Waals surface area (Å²) in [5.41, 5.74) is 2.61. The van der Waals surface area contributed by atoms with Gasteiger partial charge in [-0.3, -0.25) is 4.79 Å². The van der Waals surface area contributed by atoms with E-state index in [2.05, 4.69) is 0 Å². The molecule has 3 nitrogen and oxygen atoms in total. The van der Waals surface area contributed by atoms with Crippen LogP contribution in [0.1, 0.15) is 16.9 Å². The maximum Gasteiger partial charge on any atom is 0.307 e. The fourth-order valence-corrected chi connectivity index (χ4v) is 1.80. The molecular formula is C12H12O3. The molecule has 0 aliphatic carbocycles. The molecule has 0 bridgehead atoms. The average molecular weight is 204 g/mol. The van der Waals surface area contributed by atoms with Gasteiger partial charge in [0.1, 0.15) is 11.3 Å². The van der Waals surface area contributed by atoms with Gasteiger partial charge < -0.3 is 9.52 Å². The van der Waals surface area contributed by atoms with Gasteiger partial charge in [-0.25, -0.2) is 0 Å². The van der Waals surface area contributed by atoms with Crippen molar-refractivity contribution in [3.05, 3.63) is 35.1 Å². The van der Waals surface area contributed by atoms with Crippen LogP contribution in [0.5, 0.6) is 0 Å². The quantitative estimate of drug-likeness (QED) is 0.818. The normalized spacial score (nSPS) is 10.8. The van der Waals surface area contributed by atoms with Crippen molar-refractivity contribution in [2.24, 2.45) is 0 Å². The average Bonchev–Trinajstić information content (AvgIpc) is 2.45. The molecule has 1 aromatic heterocycles. The minimum Gasteiger partial charge on any atom is -0.481 e. The zero-order chi connectivity index (χ0) is 11.0. The third kappa shape index (κ3) is 1.61. The molecule has 15 heavy (non-hydrogen) atoms. The Labute approximate surface area is 87.3 Å². The van der Waals surface area contributed by atoms with Crippen molar-refractivity contribution in [2.75, 3.05) is 0 Å². The third-order valence-corrected chi connectivity index (χ3v) is 2.55. The molecule has 0 aliphatic rings. The van der Waals surface area contributed by atoms with E-state index >= 15 is 0 Å². The molecule has 0 saturated carbocycles. The van der Waals surface area contributed by atoms with Gasteiger partial charge in [0.25, 0.3) is 0 Å². The predicted molar refractivity (Wildman–Crippen MR) is 57.0 cm³/mol. The summed E-state index contributed by atoms with van der Waals surface area (Å²) in [6.07, 6.45) is 0.0162. The summed E-state index contributed by atoms with van der Waals surface area (Å²) in [6, 6.07) is 5.77. The zero-order valence-electron chi connectivity index (χ0n) is 8.70. The first-order valence-corrected chi connectivity index (χ1v) is 4.79. The second-order valence-corrected chi connectivity index (χ2v) is 3.66. The summed E-state index contributed by atoms with van der Waals surface area (Å²) in [7, 11) is 0. The van der Waals surface area contributed by atoms with Crippen LogP contribution in [0.3, 0.4) is 0 Å². The van der Waals surface area contributed by atoms with E-state index < -0.39 is 5.97 Å². The largest absolute Gasteiger partial charge is 0.481 e. The highest BCUT2D eigenvalue weighted by molar-refractivity contribution is 5.88. The van der Waals surface area contributed by atoms with Crippen molar-refractivity contribution in [1.29, 1.82) is 0 Å². The van der Waals surface area contributed by atoms with E-state index in [0.717, 1.165) is 22.1 Å². The van der Waals surface area contributed by atoms with Gasteiger partial charge in [0.15, 0.2) is 0 Å². The number of furan rings is 1. The van der Waals surface area contributed by atoms with Gasteiger partial charge in [-0.2, -0.15) is 0 Å². The number of carboxylic acid groups (broad SMARTS) is 1. The first-order chi connectivity index (χ1) is 7.09. The van der Waals surface area contributed by atoms with Gasteiger partial charge in [-0.05, 0) is 19.4 Å². The summed E-state index contributed by atoms with van der Waals surface area (Å²) in [4.78, 5) is 10.7. The molecule has 0 radical (unpaired) electrons. The minimum atomic E-state index is -0.831. The second-order valence-electron chi connectivity index (χ2n) is 3.66. The van der Waals surface area contributed by atoms with Crippen LogP contribution in [0.2, 0.25) is 0 Å². The lowest BCUT2D eigenvalue weighted by molar-refractivity contribution is -0.136. The molecule has 0 unspecified atom stereocenters. The van der Waals surface area contributed by atoms with Crippen LogP contribution in [-0.2, 0) is 11.2 Å². The molecule has 1 aromatic carbocycles. The first-order valence-electron chi connectivity index (χ1n) is 4.79. The monoisotopic (exact) mass is 204 g/mol. The van der Waals surface area contributed by atoms with Crippen LogP contribution >= 0.6 is 0 Å². The molecule has 1 N–H and O–H groups in total. The fourth-order valence-electron chi connectivity index (χ4n) is 1.80. The molecule has 0 atom stereocenters. The van der Waals surface area contributed by atoms with Crippen LogP contribution in [0.15, 0.2) is 22.6 Å². The van der Waals surface area contributed by atoms with E-state index in [0.29, 0.717) is 5.76 Å². The number of rotatable bonds is 2. The summed E-state index contributed by atoms with van der Waals surface area (Å²) in [5.74, 6) is -0.135. The highest BCUT2D eigenvalue weighted by Gasteiger charge is 2.14. The number of aryl methyl sites for hydroxylation is 2. The lowest BCUT2D eigenvalue weighted by atomic mass is 10.1. The van der Waals surface area contributed by atoms with Gasteiger partial charge in [-0.15, -0.1) is 0 Å². The van der Waals surface area contributed by atoms with Crippen molar-refractivity contribution in [3.8, 4) is 0 Å². The molecular weight excluding hydrogens is 192 g/mol. The zero-order valence-corrected chi connectivity index (χ0v) is 8.70. The summed E-state index contributed by atoms with van der Waals surface area (Å²) in [5, 5.41) is 9.71. The Morgan fingerprint density at radius 2 is 2.13 bits per heavy atom. The maximum absolute atomic E-state index is 10.7. The Morgan fingerprint density at radius 1 is 1.40 bits per heavy atom. The second kappa shape index (κ2) is 3.42. The van der Waals surface area contributed by atoms with Crippen molar-refractivity contribution >= 4 is 16.9 Å². The van der Waals surface area contributed by atoms with Gasteiger partial charge in [0.05, 0.1) is 6.42 Å². The lowest BCUT2D eigenvalue weighted by Gasteiger charge is -1.95. The molecule has 2 aromatic rings. The van der Waals surface area contributed by atoms with E-state index in [1.807, 2.05) is 25.1 Å². The smallest absolute Gasteiger partial charge is 0.307 e. The molecule has 0 saturated heterocycles. The van der Waals surface area contributed by atoms with Gasteiger partial charge in [0.2, 0.25) is 0 Å². The van der Waals surface area contributed by atoms with E-state index in [1.165, 1.54) is 0 Å². The summed E-state index contributed by atoms with van der Waals surface area (Å²) in [6.45, 7) is 3.76. The van der Waals surface area contributed by atoms with E-state index in [-0.39, 0.29) is 6.42 Å². The molecule has 0 aliphatic heterocycles. The van der Waals surface area contributed by atoms with Crippen molar-refractivity contribution in [1.82, 2.24) is 0 Å². The first kappa shape index (κ1) is 9.77. The number of hydrogen-bond donors (Lipinski definition) is 1. The third-order valence-electron chi connectivity index (χ3n) is 2.55. The molecule has 0 spiro atoms. The van der Waals surface area contributed by atoms with Crippen LogP contribution in [0, 0.1) is 13.8 Å². The SMILES string of the molecule is Cc1oc2c(C)cccc2c1CC(=O)O. The minimum absolute atomic E-state index is 0.0162. The van der Waals surface area contributed by atoms with Crippen LogP contribution in [0.4, 0.5) is 0 Å². The maximum atomic E-state index is 10.7. The van der Waals surface area contributed by atoms with Crippen LogP contribution < -0.4 is 0 Å². The molecule has 3 heteroatoms. The standard InChI is InChI=1S/C12H12O3/c1-7-4-3-5-9-10(6-11(13)14)8(2)15-12(7)9/h3-5H,6H2,1-2H3,(H,13,14). The molecule has 78 valence electrons. The van der Waals surface area contributed by atoms with Crippen molar-refractivity contribution < 1.29 is 14.3 Å². The Kier molecular flexibility index (Phi) is 2.23. The Bertz CT molecular complexity index is 523. The summed E-state index contributed by atoms with van der Waals surface area (Å²) >= 11 is 0. The number of carbonyl (C=O) groups is 1. The van der Waals surface area contributed by atoms with Crippen LogP contribution in [-0.4, -0.2) is 11.1 Å². The van der Waals surface area contributed by atoms with Crippen molar-refractivity contribution in [3.63, 3.8) is 0 Å². The van der Waals surface area contributed by atoms with E-state index in [4.69, 9.17) is 9.52 Å². The van der Waals surface area contributed by atoms with Crippen molar-refractivity contribution in [2.45, 2.75) is 20.3 Å². The molecule has 1 heterocycles. The Hall–Kier alpha value is -1.77. The van der Waals surface area contributed by atoms with Crippen LogP contribution in [0.25, 0.3) is 11.0 Å². The van der Waals surface area contributed by atoms with Gasteiger partial charge in [-0.1, -0.05) is 18.2 Å². The highest BCUT2D eigenvalue weighted by Crippen LogP contribution is 2.28. The number of carboxylic acids is 1. The topological polar surface area (TPSA) is 50.4 Å². The molecule has 0 amide bonds. The highest BCUT2D eigenvalue weighted by atomic mass is 16.4. The molecule has 0 fully saturated rings. The number of aliphatic carboxylic acids is 1. The Morgan fingerprint density at radius 3 is 2.80 bits per heavy atom. The lowest BCUT2D eigenvalue weighted by Crippen LogP contribution is -2.00. The Balaban J connectivity index is 2.68. The van der Waals surface area contributed by atoms with Gasteiger partial charge >= 0.3 is 5.97 Å². The fraction of sp³-hybridized carbons (Fsp3) is 0.250. The number of para-hydroxylation sites is 1. The number of fused-ring (bicyclic) bond motifs is 1. The van der Waals surface area contributed by atoms with E-state index in [9.17, 15) is 4.79 Å². The van der Waals surface area contributed by atoms with Gasteiger partial charge in [0, 0.05) is 10.9 Å². The number of benzene rings is 1.